The van der Waals surface area contributed by atoms with Crippen LogP contribution in [0.1, 0.15) is 54.4 Å². The van der Waals surface area contributed by atoms with E-state index in [0.717, 1.165) is 28.8 Å². The van der Waals surface area contributed by atoms with E-state index in [2.05, 4.69) is 22.1 Å². The third kappa shape index (κ3) is 4.98. The molecule has 36 heavy (non-hydrogen) atoms. The number of esters is 1. The molecule has 3 aromatic rings. The number of nitrogens with zero attached hydrogens (tertiary/aromatic N) is 3. The lowest BCUT2D eigenvalue weighted by atomic mass is 9.96. The van der Waals surface area contributed by atoms with Crippen molar-refractivity contribution in [1.29, 1.82) is 0 Å². The molecule has 0 radical (unpaired) electrons. The minimum absolute atomic E-state index is 0.0177. The minimum atomic E-state index is -0.456. The van der Waals surface area contributed by atoms with Gasteiger partial charge in [0.1, 0.15) is 11.9 Å². The highest BCUT2D eigenvalue weighted by atomic mass is 16.5. The predicted octanol–water partition coefficient (Wildman–Crippen LogP) is 3.56. The summed E-state index contributed by atoms with van der Waals surface area (Å²) in [5, 5.41) is 0. The summed E-state index contributed by atoms with van der Waals surface area (Å²) in [6.07, 6.45) is 3.36. The molecule has 2 fully saturated rings. The number of hydrogen-bond acceptors (Lipinski definition) is 5. The number of fused-ring (bicyclic) bond motifs is 1. The van der Waals surface area contributed by atoms with Crippen LogP contribution in [-0.2, 0) is 20.7 Å². The van der Waals surface area contributed by atoms with E-state index in [4.69, 9.17) is 4.74 Å². The van der Waals surface area contributed by atoms with Gasteiger partial charge in [0, 0.05) is 31.6 Å². The Bertz CT molecular complexity index is 1250. The molecule has 2 aliphatic rings. The van der Waals surface area contributed by atoms with Crippen LogP contribution in [-0.4, -0.2) is 69.8 Å². The number of likely N-dealkylation sites (tertiary alicyclic amines) is 2. The molecule has 1 aromatic heterocycles. The Morgan fingerprint density at radius 2 is 1.81 bits per heavy atom. The van der Waals surface area contributed by atoms with Crippen LogP contribution in [0.15, 0.2) is 48.5 Å². The monoisotopic (exact) mass is 488 g/mol. The Labute approximate surface area is 210 Å². The molecule has 2 aromatic carbocycles. The van der Waals surface area contributed by atoms with Crippen molar-refractivity contribution >= 4 is 28.8 Å². The van der Waals surface area contributed by atoms with Gasteiger partial charge in [-0.1, -0.05) is 30.3 Å². The van der Waals surface area contributed by atoms with E-state index in [-0.39, 0.29) is 23.7 Å². The number of amides is 2. The van der Waals surface area contributed by atoms with Gasteiger partial charge in [0.2, 0.25) is 5.91 Å². The number of nitrogens with one attached hydrogen (secondary N) is 1. The molecule has 1 N–H and O–H groups in total. The van der Waals surface area contributed by atoms with E-state index in [1.54, 1.807) is 22.8 Å². The third-order valence-corrected chi connectivity index (χ3v) is 7.22. The summed E-state index contributed by atoms with van der Waals surface area (Å²) in [6, 6.07) is 15.2. The highest BCUT2D eigenvalue weighted by Gasteiger charge is 2.38. The van der Waals surface area contributed by atoms with Gasteiger partial charge in [-0.15, -0.1) is 0 Å². The van der Waals surface area contributed by atoms with Crippen LogP contribution in [0.3, 0.4) is 0 Å². The van der Waals surface area contributed by atoms with Crippen molar-refractivity contribution in [2.45, 2.75) is 45.1 Å². The standard InChI is InChI=1S/C28H32N4O4/c1-2-36-28(35)20-12-15-31(16-13-20)27(34)24-9-6-14-32(24)26(33)21-10-11-22-23(18-21)30-25(29-22)17-19-7-4-3-5-8-19/h3-5,7-8,10-11,18,20,24H,2,6,9,12-17H2,1H3,(H,29,30)/t24-/m1/s1. The first-order chi connectivity index (χ1) is 17.5. The first kappa shape index (κ1) is 24.0. The molecule has 2 aliphatic heterocycles. The molecule has 5 rings (SSSR count). The highest BCUT2D eigenvalue weighted by molar-refractivity contribution is 6.00. The summed E-state index contributed by atoms with van der Waals surface area (Å²) in [6.45, 7) is 3.77. The third-order valence-electron chi connectivity index (χ3n) is 7.22. The van der Waals surface area contributed by atoms with Crippen LogP contribution >= 0.6 is 0 Å². The van der Waals surface area contributed by atoms with Gasteiger partial charge in [-0.2, -0.15) is 0 Å². The highest BCUT2D eigenvalue weighted by Crippen LogP contribution is 2.26. The summed E-state index contributed by atoms with van der Waals surface area (Å²) in [5.74, 6) is 0.372. The Kier molecular flexibility index (Phi) is 7.02. The van der Waals surface area contributed by atoms with Crippen molar-refractivity contribution < 1.29 is 19.1 Å². The molecule has 8 heteroatoms. The molecule has 0 spiro atoms. The van der Waals surface area contributed by atoms with Gasteiger partial charge in [-0.25, -0.2) is 4.98 Å². The smallest absolute Gasteiger partial charge is 0.309 e. The quantitative estimate of drug-likeness (QED) is 0.536. The van der Waals surface area contributed by atoms with Crippen molar-refractivity contribution in [2.75, 3.05) is 26.2 Å². The van der Waals surface area contributed by atoms with Gasteiger partial charge >= 0.3 is 5.97 Å². The number of H-pyrrole nitrogens is 1. The number of hydrogen-bond donors (Lipinski definition) is 1. The second-order valence-electron chi connectivity index (χ2n) is 9.59. The Hall–Kier alpha value is -3.68. The number of carbonyl (C=O) groups is 3. The van der Waals surface area contributed by atoms with Gasteiger partial charge in [-0.3, -0.25) is 14.4 Å². The molecular formula is C28H32N4O4. The molecule has 1 atom stereocenters. The van der Waals surface area contributed by atoms with Crippen molar-refractivity contribution in [3.8, 4) is 0 Å². The second kappa shape index (κ2) is 10.5. The van der Waals surface area contributed by atoms with Gasteiger partial charge in [-0.05, 0) is 56.4 Å². The maximum atomic E-state index is 13.5. The van der Waals surface area contributed by atoms with Crippen LogP contribution < -0.4 is 0 Å². The van der Waals surface area contributed by atoms with Crippen LogP contribution in [0.4, 0.5) is 0 Å². The van der Waals surface area contributed by atoms with Gasteiger partial charge in [0.25, 0.3) is 5.91 Å². The van der Waals surface area contributed by atoms with Crippen LogP contribution in [0.5, 0.6) is 0 Å². The number of aromatic nitrogens is 2. The Morgan fingerprint density at radius 3 is 2.56 bits per heavy atom. The number of imidazole rings is 1. The number of aromatic amines is 1. The van der Waals surface area contributed by atoms with Gasteiger partial charge in [0.05, 0.1) is 23.6 Å². The van der Waals surface area contributed by atoms with Crippen molar-refractivity contribution in [1.82, 2.24) is 19.8 Å². The SMILES string of the molecule is CCOC(=O)C1CCN(C(=O)[C@H]2CCCN2C(=O)c2ccc3nc(Cc4ccccc4)[nH]c3c2)CC1. The zero-order valence-corrected chi connectivity index (χ0v) is 20.6. The average Bonchev–Trinajstić information content (AvgIpc) is 3.55. The fourth-order valence-corrected chi connectivity index (χ4v) is 5.31. The maximum Gasteiger partial charge on any atom is 0.309 e. The molecule has 188 valence electrons. The zero-order chi connectivity index (χ0) is 25.1. The summed E-state index contributed by atoms with van der Waals surface area (Å²) in [4.78, 5) is 50.4. The fraction of sp³-hybridized carbons (Fsp3) is 0.429. The molecular weight excluding hydrogens is 456 g/mol. The molecule has 2 amide bonds. The van der Waals surface area contributed by atoms with Crippen molar-refractivity contribution in [2.24, 2.45) is 5.92 Å². The first-order valence-corrected chi connectivity index (χ1v) is 12.8. The zero-order valence-electron chi connectivity index (χ0n) is 20.6. The van der Waals surface area contributed by atoms with E-state index in [1.807, 2.05) is 30.3 Å². The average molecular weight is 489 g/mol. The molecule has 0 unspecified atom stereocenters. The Balaban J connectivity index is 1.26. The second-order valence-corrected chi connectivity index (χ2v) is 9.59. The van der Waals surface area contributed by atoms with E-state index in [9.17, 15) is 14.4 Å². The normalized spacial score (nSPS) is 18.5. The van der Waals surface area contributed by atoms with E-state index in [0.29, 0.717) is 57.5 Å². The maximum absolute atomic E-state index is 13.5. The van der Waals surface area contributed by atoms with Gasteiger partial charge in [0.15, 0.2) is 0 Å². The predicted molar refractivity (Wildman–Crippen MR) is 135 cm³/mol. The molecule has 0 bridgehead atoms. The van der Waals surface area contributed by atoms with E-state index >= 15 is 0 Å². The number of ether oxygens (including phenoxy) is 1. The van der Waals surface area contributed by atoms with E-state index in [1.165, 1.54) is 0 Å². The number of rotatable bonds is 6. The van der Waals surface area contributed by atoms with E-state index < -0.39 is 6.04 Å². The minimum Gasteiger partial charge on any atom is -0.466 e. The summed E-state index contributed by atoms with van der Waals surface area (Å²) >= 11 is 0. The lowest BCUT2D eigenvalue weighted by Crippen LogP contribution is -2.50. The van der Waals surface area contributed by atoms with Crippen LogP contribution in [0.2, 0.25) is 0 Å². The summed E-state index contributed by atoms with van der Waals surface area (Å²) < 4.78 is 5.13. The van der Waals surface area contributed by atoms with Crippen LogP contribution in [0, 0.1) is 5.92 Å². The van der Waals surface area contributed by atoms with Gasteiger partial charge < -0.3 is 19.5 Å². The first-order valence-electron chi connectivity index (χ1n) is 12.8. The largest absolute Gasteiger partial charge is 0.466 e. The molecule has 3 heterocycles. The van der Waals surface area contributed by atoms with Crippen molar-refractivity contribution in [3.05, 3.63) is 65.5 Å². The molecule has 8 nitrogen and oxygen atoms in total. The number of piperidine rings is 1. The summed E-state index contributed by atoms with van der Waals surface area (Å²) in [7, 11) is 0. The Morgan fingerprint density at radius 1 is 1.03 bits per heavy atom. The van der Waals surface area contributed by atoms with Crippen molar-refractivity contribution in [3.63, 3.8) is 0 Å². The van der Waals surface area contributed by atoms with Crippen LogP contribution in [0.25, 0.3) is 11.0 Å². The lowest BCUT2D eigenvalue weighted by molar-refractivity contribution is -0.151. The molecule has 0 aliphatic carbocycles. The fourth-order valence-electron chi connectivity index (χ4n) is 5.31. The molecule has 0 saturated carbocycles. The topological polar surface area (TPSA) is 95.6 Å². The summed E-state index contributed by atoms with van der Waals surface area (Å²) in [5.41, 5.74) is 3.35. The lowest BCUT2D eigenvalue weighted by Gasteiger charge is -2.34. The number of benzene rings is 2. The molecule has 2 saturated heterocycles. The number of carbonyl (C=O) groups excluding carboxylic acids is 3.